The summed E-state index contributed by atoms with van der Waals surface area (Å²) in [6.07, 6.45) is 0. The fourth-order valence-corrected chi connectivity index (χ4v) is 2.44. The number of carbonyl (C=O) groups is 1. The van der Waals surface area contributed by atoms with Crippen molar-refractivity contribution in [2.24, 2.45) is 0 Å². The predicted octanol–water partition coefficient (Wildman–Crippen LogP) is 3.68. The predicted molar refractivity (Wildman–Crippen MR) is 93.6 cm³/mol. The van der Waals surface area contributed by atoms with Crippen LogP contribution in [0.1, 0.15) is 19.4 Å². The van der Waals surface area contributed by atoms with Gasteiger partial charge in [0.2, 0.25) is 5.91 Å². The van der Waals surface area contributed by atoms with Gasteiger partial charge in [0.25, 0.3) is 0 Å². The smallest absolute Gasteiger partial charge is 0.244 e. The average Bonchev–Trinajstić information content (AvgIpc) is 2.56. The number of likely N-dealkylation sites (N-methyl/N-ethyl adjacent to an activating group) is 1. The molecule has 0 spiro atoms. The van der Waals surface area contributed by atoms with Gasteiger partial charge in [0, 0.05) is 19.3 Å². The van der Waals surface area contributed by atoms with Gasteiger partial charge in [0.05, 0.1) is 6.61 Å². The molecule has 0 saturated heterocycles. The molecule has 0 fully saturated rings. The van der Waals surface area contributed by atoms with E-state index in [0.29, 0.717) is 13.2 Å². The minimum atomic E-state index is -0.387. The zero-order valence-electron chi connectivity index (χ0n) is 14.3. The van der Waals surface area contributed by atoms with E-state index in [1.54, 1.807) is 31.0 Å². The maximum absolute atomic E-state index is 13.2. The Morgan fingerprint density at radius 3 is 2.58 bits per heavy atom. The molecule has 4 nitrogen and oxygen atoms in total. The Labute approximate surface area is 142 Å². The number of benzene rings is 2. The fraction of sp³-hybridized carbons (Fsp3) is 0.316. The van der Waals surface area contributed by atoms with Crippen LogP contribution in [0.4, 0.5) is 10.1 Å². The molecule has 0 aromatic heterocycles. The molecule has 2 aromatic carbocycles. The molecular weight excluding hydrogens is 307 g/mol. The summed E-state index contributed by atoms with van der Waals surface area (Å²) in [6.45, 7) is 4.72. The first-order valence-corrected chi connectivity index (χ1v) is 7.98. The van der Waals surface area contributed by atoms with Crippen molar-refractivity contribution in [3.63, 3.8) is 0 Å². The van der Waals surface area contributed by atoms with Crippen LogP contribution >= 0.6 is 0 Å². The van der Waals surface area contributed by atoms with E-state index < -0.39 is 0 Å². The Morgan fingerprint density at radius 1 is 1.25 bits per heavy atom. The molecule has 0 aliphatic carbocycles. The molecule has 128 valence electrons. The summed E-state index contributed by atoms with van der Waals surface area (Å²) in [4.78, 5) is 14.0. The summed E-state index contributed by atoms with van der Waals surface area (Å²) in [6, 6.07) is 13.4. The van der Waals surface area contributed by atoms with E-state index in [-0.39, 0.29) is 17.8 Å². The van der Waals surface area contributed by atoms with Crippen LogP contribution in [-0.2, 0) is 11.3 Å². The molecule has 1 amide bonds. The van der Waals surface area contributed by atoms with E-state index in [9.17, 15) is 9.18 Å². The fourth-order valence-electron chi connectivity index (χ4n) is 2.44. The molecule has 0 aliphatic heterocycles. The third kappa shape index (κ3) is 4.98. The summed E-state index contributed by atoms with van der Waals surface area (Å²) < 4.78 is 18.6. The molecule has 1 unspecified atom stereocenters. The maximum atomic E-state index is 13.2. The second-order valence-electron chi connectivity index (χ2n) is 5.65. The van der Waals surface area contributed by atoms with Gasteiger partial charge >= 0.3 is 0 Å². The van der Waals surface area contributed by atoms with E-state index in [2.05, 4.69) is 5.32 Å². The molecule has 24 heavy (non-hydrogen) atoms. The van der Waals surface area contributed by atoms with E-state index in [4.69, 9.17) is 4.74 Å². The first-order valence-electron chi connectivity index (χ1n) is 7.98. The van der Waals surface area contributed by atoms with Gasteiger partial charge in [-0.1, -0.05) is 12.1 Å². The number of nitrogens with zero attached hydrogens (tertiary/aromatic N) is 1. The van der Waals surface area contributed by atoms with Crippen molar-refractivity contribution in [2.75, 3.05) is 19.0 Å². The van der Waals surface area contributed by atoms with Crippen LogP contribution in [0, 0.1) is 5.82 Å². The van der Waals surface area contributed by atoms with Gasteiger partial charge in [-0.25, -0.2) is 4.39 Å². The molecule has 0 bridgehead atoms. The summed E-state index contributed by atoms with van der Waals surface area (Å²) >= 11 is 0. The van der Waals surface area contributed by atoms with Gasteiger partial charge in [-0.05, 0) is 55.8 Å². The molecule has 0 radical (unpaired) electrons. The number of rotatable bonds is 7. The number of anilines is 1. The molecular formula is C19H23FN2O2. The maximum Gasteiger partial charge on any atom is 0.244 e. The molecule has 0 saturated carbocycles. The minimum Gasteiger partial charge on any atom is -0.494 e. The lowest BCUT2D eigenvalue weighted by Crippen LogP contribution is -2.38. The second kappa shape index (κ2) is 8.34. The number of ether oxygens (including phenoxy) is 1. The highest BCUT2D eigenvalue weighted by molar-refractivity contribution is 5.84. The van der Waals surface area contributed by atoms with Gasteiger partial charge in [-0.2, -0.15) is 0 Å². The van der Waals surface area contributed by atoms with Crippen LogP contribution in [0.5, 0.6) is 5.75 Å². The van der Waals surface area contributed by atoms with Crippen molar-refractivity contribution >= 4 is 11.6 Å². The molecule has 1 N–H and O–H groups in total. The van der Waals surface area contributed by atoms with Crippen LogP contribution in [0.15, 0.2) is 48.5 Å². The van der Waals surface area contributed by atoms with Crippen LogP contribution in [0.2, 0.25) is 0 Å². The van der Waals surface area contributed by atoms with Crippen molar-refractivity contribution in [1.82, 2.24) is 4.90 Å². The van der Waals surface area contributed by atoms with Crippen LogP contribution in [0.3, 0.4) is 0 Å². The summed E-state index contributed by atoms with van der Waals surface area (Å²) in [5.74, 6) is 0.437. The van der Waals surface area contributed by atoms with Gasteiger partial charge < -0.3 is 15.0 Å². The highest BCUT2D eigenvalue weighted by Gasteiger charge is 2.17. The van der Waals surface area contributed by atoms with Gasteiger partial charge in [0.1, 0.15) is 17.6 Å². The van der Waals surface area contributed by atoms with Gasteiger partial charge in [0.15, 0.2) is 0 Å². The summed E-state index contributed by atoms with van der Waals surface area (Å²) in [5.41, 5.74) is 1.61. The van der Waals surface area contributed by atoms with E-state index in [1.165, 1.54) is 12.1 Å². The Hall–Kier alpha value is -2.56. The van der Waals surface area contributed by atoms with Crippen LogP contribution < -0.4 is 10.1 Å². The SMILES string of the molecule is CCOc1ccc(NC(C)C(=O)N(C)Cc2cccc(F)c2)cc1. The first kappa shape index (κ1) is 17.8. The van der Waals surface area contributed by atoms with E-state index >= 15 is 0 Å². The van der Waals surface area contributed by atoms with Crippen LogP contribution in [0.25, 0.3) is 0 Å². The number of nitrogens with one attached hydrogen (secondary N) is 1. The Kier molecular flexibility index (Phi) is 6.18. The monoisotopic (exact) mass is 330 g/mol. The normalized spacial score (nSPS) is 11.7. The zero-order chi connectivity index (χ0) is 17.5. The summed E-state index contributed by atoms with van der Waals surface area (Å²) in [7, 11) is 1.71. The van der Waals surface area contributed by atoms with Crippen molar-refractivity contribution in [3.05, 3.63) is 59.9 Å². The third-order valence-corrected chi connectivity index (χ3v) is 3.60. The van der Waals surface area contributed by atoms with Crippen molar-refractivity contribution in [1.29, 1.82) is 0 Å². The minimum absolute atomic E-state index is 0.0619. The average molecular weight is 330 g/mol. The van der Waals surface area contributed by atoms with Gasteiger partial charge in [-0.15, -0.1) is 0 Å². The highest BCUT2D eigenvalue weighted by Crippen LogP contribution is 2.17. The molecule has 1 atom stereocenters. The molecule has 5 heteroatoms. The van der Waals surface area contributed by atoms with E-state index in [1.807, 2.05) is 31.2 Å². The zero-order valence-corrected chi connectivity index (χ0v) is 14.3. The third-order valence-electron chi connectivity index (χ3n) is 3.60. The van der Waals surface area contributed by atoms with Gasteiger partial charge in [-0.3, -0.25) is 4.79 Å². The second-order valence-corrected chi connectivity index (χ2v) is 5.65. The standard InChI is InChI=1S/C19H23FN2O2/c1-4-24-18-10-8-17(9-11-18)21-14(2)19(23)22(3)13-15-6-5-7-16(20)12-15/h5-12,14,21H,4,13H2,1-3H3. The number of halogens is 1. The molecule has 2 aromatic rings. The Morgan fingerprint density at radius 2 is 1.96 bits per heavy atom. The lowest BCUT2D eigenvalue weighted by atomic mass is 10.2. The number of hydrogen-bond acceptors (Lipinski definition) is 3. The number of hydrogen-bond donors (Lipinski definition) is 1. The van der Waals surface area contributed by atoms with Crippen molar-refractivity contribution < 1.29 is 13.9 Å². The lowest BCUT2D eigenvalue weighted by molar-refractivity contribution is -0.130. The Bertz CT molecular complexity index is 673. The van der Waals surface area contributed by atoms with Crippen molar-refractivity contribution in [2.45, 2.75) is 26.4 Å². The van der Waals surface area contributed by atoms with Crippen molar-refractivity contribution in [3.8, 4) is 5.75 Å². The summed E-state index contributed by atoms with van der Waals surface area (Å²) in [5, 5.41) is 3.17. The number of amides is 1. The molecule has 2 rings (SSSR count). The molecule has 0 heterocycles. The number of carbonyl (C=O) groups excluding carboxylic acids is 1. The quantitative estimate of drug-likeness (QED) is 0.842. The topological polar surface area (TPSA) is 41.6 Å². The highest BCUT2D eigenvalue weighted by atomic mass is 19.1. The van der Waals surface area contributed by atoms with Crippen LogP contribution in [-0.4, -0.2) is 30.5 Å². The first-order chi connectivity index (χ1) is 11.5. The largest absolute Gasteiger partial charge is 0.494 e. The lowest BCUT2D eigenvalue weighted by Gasteiger charge is -2.23. The Balaban J connectivity index is 1.93. The molecule has 0 aliphatic rings. The van der Waals surface area contributed by atoms with E-state index in [0.717, 1.165) is 17.0 Å².